The summed E-state index contributed by atoms with van der Waals surface area (Å²) < 4.78 is 11.4. The van der Waals surface area contributed by atoms with Gasteiger partial charge in [0.2, 0.25) is 0 Å². The Morgan fingerprint density at radius 3 is 2.52 bits per heavy atom. The van der Waals surface area contributed by atoms with Gasteiger partial charge in [-0.3, -0.25) is 10.1 Å². The second-order valence-electron chi connectivity index (χ2n) is 3.95. The maximum atomic E-state index is 10.8. The number of hydrogen-bond donors (Lipinski definition) is 0. The summed E-state index contributed by atoms with van der Waals surface area (Å²) in [5, 5.41) is 19.7. The highest BCUT2D eigenvalue weighted by atomic mass is 79.9. The van der Waals surface area contributed by atoms with Gasteiger partial charge < -0.3 is 9.47 Å². The molecule has 0 N–H and O–H groups in total. The van der Waals surface area contributed by atoms with E-state index in [1.54, 1.807) is 31.4 Å². The van der Waals surface area contributed by atoms with Crippen molar-refractivity contribution in [1.82, 2.24) is 0 Å². The summed E-state index contributed by atoms with van der Waals surface area (Å²) >= 11 is 3.34. The van der Waals surface area contributed by atoms with Gasteiger partial charge in [0.05, 0.1) is 16.5 Å². The van der Waals surface area contributed by atoms with Gasteiger partial charge in [0.15, 0.2) is 0 Å². The molecule has 0 fully saturated rings. The highest BCUT2D eigenvalue weighted by Gasteiger charge is 2.15. The highest BCUT2D eigenvalue weighted by molar-refractivity contribution is 9.10. The average Bonchev–Trinajstić information content (AvgIpc) is 2.48. The zero-order valence-electron chi connectivity index (χ0n) is 10.9. The Morgan fingerprint density at radius 1 is 1.24 bits per heavy atom. The van der Waals surface area contributed by atoms with Crippen molar-refractivity contribution in [2.24, 2.45) is 0 Å². The molecular formula is C14H9BrN2O4. The number of nitro groups is 1. The van der Waals surface area contributed by atoms with Crippen LogP contribution in [0.1, 0.15) is 5.56 Å². The molecule has 0 saturated heterocycles. The fraction of sp³-hybridized carbons (Fsp3) is 0.0714. The van der Waals surface area contributed by atoms with E-state index in [0.29, 0.717) is 21.7 Å². The summed E-state index contributed by atoms with van der Waals surface area (Å²) in [7, 11) is 1.55. The van der Waals surface area contributed by atoms with Crippen LogP contribution in [0.15, 0.2) is 40.9 Å². The summed E-state index contributed by atoms with van der Waals surface area (Å²) in [6.45, 7) is 0. The highest BCUT2D eigenvalue weighted by Crippen LogP contribution is 2.34. The van der Waals surface area contributed by atoms with E-state index in [4.69, 9.17) is 14.7 Å². The van der Waals surface area contributed by atoms with E-state index in [-0.39, 0.29) is 11.3 Å². The van der Waals surface area contributed by atoms with Crippen molar-refractivity contribution >= 4 is 21.6 Å². The Kier molecular flexibility index (Phi) is 4.40. The number of nitro benzene ring substituents is 1. The summed E-state index contributed by atoms with van der Waals surface area (Å²) in [5.74, 6) is 1.51. The summed E-state index contributed by atoms with van der Waals surface area (Å²) in [6, 6.07) is 10.9. The molecule has 0 bridgehead atoms. The molecule has 0 aliphatic carbocycles. The van der Waals surface area contributed by atoms with E-state index < -0.39 is 4.92 Å². The van der Waals surface area contributed by atoms with Gasteiger partial charge in [-0.25, -0.2) is 0 Å². The largest absolute Gasteiger partial charge is 0.497 e. The number of ether oxygens (including phenoxy) is 2. The second kappa shape index (κ2) is 6.24. The van der Waals surface area contributed by atoms with Crippen LogP contribution in [-0.4, -0.2) is 12.0 Å². The van der Waals surface area contributed by atoms with Gasteiger partial charge in [-0.05, 0) is 40.2 Å². The van der Waals surface area contributed by atoms with E-state index >= 15 is 0 Å². The molecule has 0 unspecified atom stereocenters. The first-order chi connectivity index (χ1) is 10.0. The van der Waals surface area contributed by atoms with E-state index in [1.165, 1.54) is 18.2 Å². The Labute approximate surface area is 128 Å². The van der Waals surface area contributed by atoms with Crippen LogP contribution in [0.3, 0.4) is 0 Å². The zero-order valence-corrected chi connectivity index (χ0v) is 12.5. The molecule has 0 amide bonds. The van der Waals surface area contributed by atoms with E-state index in [9.17, 15) is 10.1 Å². The minimum atomic E-state index is -0.606. The van der Waals surface area contributed by atoms with Crippen molar-refractivity contribution in [3.8, 4) is 23.3 Å². The lowest BCUT2D eigenvalue weighted by molar-refractivity contribution is -0.385. The first kappa shape index (κ1) is 14.8. The fourth-order valence-corrected chi connectivity index (χ4v) is 2.08. The first-order valence-corrected chi connectivity index (χ1v) is 6.54. The Hall–Kier alpha value is -2.59. The SMILES string of the molecule is COc1ccc(Oc2ccc([N+](=O)[O-])c(C#N)c2)c(Br)c1. The van der Waals surface area contributed by atoms with Crippen LogP contribution in [-0.2, 0) is 0 Å². The van der Waals surface area contributed by atoms with Gasteiger partial charge in [-0.1, -0.05) is 0 Å². The number of hydrogen-bond acceptors (Lipinski definition) is 5. The number of nitrogens with zero attached hydrogens (tertiary/aromatic N) is 2. The predicted octanol–water partition coefficient (Wildman–Crippen LogP) is 4.03. The molecule has 6 nitrogen and oxygen atoms in total. The molecular weight excluding hydrogens is 340 g/mol. The third kappa shape index (κ3) is 3.30. The first-order valence-electron chi connectivity index (χ1n) is 5.75. The van der Waals surface area contributed by atoms with Gasteiger partial charge in [0.25, 0.3) is 5.69 Å². The maximum Gasteiger partial charge on any atom is 0.287 e. The Balaban J connectivity index is 2.32. The number of benzene rings is 2. The lowest BCUT2D eigenvalue weighted by Crippen LogP contribution is -1.93. The van der Waals surface area contributed by atoms with Gasteiger partial charge in [0, 0.05) is 12.1 Å². The van der Waals surface area contributed by atoms with Crippen LogP contribution >= 0.6 is 15.9 Å². The topological polar surface area (TPSA) is 85.4 Å². The van der Waals surface area contributed by atoms with Gasteiger partial charge in [-0.2, -0.15) is 5.26 Å². The van der Waals surface area contributed by atoms with Crippen LogP contribution in [0, 0.1) is 21.4 Å². The molecule has 0 saturated carbocycles. The molecule has 0 spiro atoms. The molecule has 0 radical (unpaired) electrons. The number of methoxy groups -OCH3 is 1. The van der Waals surface area contributed by atoms with E-state index in [2.05, 4.69) is 15.9 Å². The normalized spacial score (nSPS) is 9.76. The number of rotatable bonds is 4. The van der Waals surface area contributed by atoms with Crippen LogP contribution in [0.25, 0.3) is 0 Å². The second-order valence-corrected chi connectivity index (χ2v) is 4.80. The van der Waals surface area contributed by atoms with Crippen molar-refractivity contribution in [1.29, 1.82) is 5.26 Å². The lowest BCUT2D eigenvalue weighted by atomic mass is 10.2. The molecule has 2 aromatic rings. The van der Waals surface area contributed by atoms with Gasteiger partial charge >= 0.3 is 0 Å². The minimum absolute atomic E-state index is 0.0536. The average molecular weight is 349 g/mol. The molecule has 0 aliphatic rings. The van der Waals surface area contributed by atoms with Gasteiger partial charge in [0.1, 0.15) is 28.9 Å². The third-order valence-electron chi connectivity index (χ3n) is 2.65. The predicted molar refractivity (Wildman–Crippen MR) is 78.6 cm³/mol. The summed E-state index contributed by atoms with van der Waals surface area (Å²) in [4.78, 5) is 10.2. The van der Waals surface area contributed by atoms with Crippen molar-refractivity contribution < 1.29 is 14.4 Å². The molecule has 0 heterocycles. The lowest BCUT2D eigenvalue weighted by Gasteiger charge is -2.09. The standard InChI is InChI=1S/C14H9BrN2O4/c1-20-10-3-5-14(12(15)7-10)21-11-2-4-13(17(18)19)9(6-11)8-16/h2-7H,1H3. The molecule has 0 atom stereocenters. The Morgan fingerprint density at radius 2 is 1.95 bits per heavy atom. The molecule has 0 aliphatic heterocycles. The monoisotopic (exact) mass is 348 g/mol. The third-order valence-corrected chi connectivity index (χ3v) is 3.27. The number of nitriles is 1. The van der Waals surface area contributed by atoms with Crippen molar-refractivity contribution in [3.63, 3.8) is 0 Å². The van der Waals surface area contributed by atoms with Crippen LogP contribution in [0.4, 0.5) is 5.69 Å². The van der Waals surface area contributed by atoms with Crippen molar-refractivity contribution in [2.45, 2.75) is 0 Å². The van der Waals surface area contributed by atoms with E-state index in [1.807, 2.05) is 0 Å². The Bertz CT molecular complexity index is 740. The summed E-state index contributed by atoms with van der Waals surface area (Å²) in [5.41, 5.74) is -0.305. The van der Waals surface area contributed by atoms with Crippen molar-refractivity contribution in [3.05, 3.63) is 56.5 Å². The molecule has 0 aromatic heterocycles. The molecule has 21 heavy (non-hydrogen) atoms. The van der Waals surface area contributed by atoms with Crippen LogP contribution in [0.5, 0.6) is 17.2 Å². The quantitative estimate of drug-likeness (QED) is 0.614. The van der Waals surface area contributed by atoms with Crippen LogP contribution in [0.2, 0.25) is 0 Å². The van der Waals surface area contributed by atoms with E-state index in [0.717, 1.165) is 0 Å². The van der Waals surface area contributed by atoms with Gasteiger partial charge in [-0.15, -0.1) is 0 Å². The zero-order chi connectivity index (χ0) is 15.4. The molecule has 2 aromatic carbocycles. The van der Waals surface area contributed by atoms with Crippen LogP contribution < -0.4 is 9.47 Å². The molecule has 106 valence electrons. The molecule has 2 rings (SSSR count). The summed E-state index contributed by atoms with van der Waals surface area (Å²) in [6.07, 6.45) is 0. The minimum Gasteiger partial charge on any atom is -0.497 e. The smallest absolute Gasteiger partial charge is 0.287 e. The number of halogens is 1. The maximum absolute atomic E-state index is 10.8. The van der Waals surface area contributed by atoms with Crippen molar-refractivity contribution in [2.75, 3.05) is 7.11 Å². The molecule has 7 heteroatoms. The fourth-order valence-electron chi connectivity index (χ4n) is 1.65.